The molecule has 0 saturated heterocycles. The molecule has 0 aliphatic heterocycles. The van der Waals surface area contributed by atoms with Crippen molar-refractivity contribution in [1.82, 2.24) is 5.16 Å². The lowest BCUT2D eigenvalue weighted by atomic mass is 10.0. The number of aromatic nitrogens is 1. The molecule has 1 N–H and O–H groups in total. The fourth-order valence-electron chi connectivity index (χ4n) is 1.93. The van der Waals surface area contributed by atoms with E-state index in [1.807, 2.05) is 13.0 Å². The third-order valence-electron chi connectivity index (χ3n) is 2.77. The van der Waals surface area contributed by atoms with Gasteiger partial charge in [0.25, 0.3) is 0 Å². The van der Waals surface area contributed by atoms with Crippen molar-refractivity contribution in [2.24, 2.45) is 0 Å². The predicted molar refractivity (Wildman–Crippen MR) is 74.4 cm³/mol. The average molecular weight is 342 g/mol. The SMILES string of the molecule is COc1c(Br)cc(C)c(-c2cc(C(=O)O)on2)c1OC. The van der Waals surface area contributed by atoms with E-state index in [2.05, 4.69) is 21.1 Å². The minimum Gasteiger partial charge on any atom is -0.492 e. The number of halogens is 1. The molecule has 2 aromatic rings. The number of ether oxygens (including phenoxy) is 2. The summed E-state index contributed by atoms with van der Waals surface area (Å²) in [6.45, 7) is 1.86. The highest BCUT2D eigenvalue weighted by atomic mass is 79.9. The van der Waals surface area contributed by atoms with Crippen LogP contribution in [0.2, 0.25) is 0 Å². The number of hydrogen-bond donors (Lipinski definition) is 1. The standard InChI is InChI=1S/C13H12BrNO5/c1-6-4-7(14)11(18-2)12(19-3)10(6)8-5-9(13(16)17)20-15-8/h4-5H,1-3H3,(H,16,17). The number of carboxylic acid groups (broad SMARTS) is 1. The summed E-state index contributed by atoms with van der Waals surface area (Å²) >= 11 is 3.39. The molecular weight excluding hydrogens is 330 g/mol. The lowest BCUT2D eigenvalue weighted by Gasteiger charge is -2.15. The lowest BCUT2D eigenvalue weighted by Crippen LogP contribution is -1.97. The van der Waals surface area contributed by atoms with Crippen LogP contribution in [0.4, 0.5) is 0 Å². The Labute approximate surface area is 123 Å². The van der Waals surface area contributed by atoms with Gasteiger partial charge in [0, 0.05) is 6.07 Å². The third kappa shape index (κ3) is 2.36. The first-order valence-electron chi connectivity index (χ1n) is 5.61. The van der Waals surface area contributed by atoms with E-state index in [4.69, 9.17) is 19.1 Å². The summed E-state index contributed by atoms with van der Waals surface area (Å²) in [7, 11) is 3.03. The molecule has 7 heteroatoms. The van der Waals surface area contributed by atoms with Crippen LogP contribution in [-0.4, -0.2) is 30.5 Å². The van der Waals surface area contributed by atoms with Crippen LogP contribution in [0.25, 0.3) is 11.3 Å². The molecule has 20 heavy (non-hydrogen) atoms. The van der Waals surface area contributed by atoms with Crippen molar-refractivity contribution in [1.29, 1.82) is 0 Å². The molecule has 0 aliphatic carbocycles. The molecule has 0 saturated carbocycles. The van der Waals surface area contributed by atoms with E-state index in [1.54, 1.807) is 0 Å². The van der Waals surface area contributed by atoms with Gasteiger partial charge >= 0.3 is 5.97 Å². The van der Waals surface area contributed by atoms with Crippen molar-refractivity contribution < 1.29 is 23.9 Å². The largest absolute Gasteiger partial charge is 0.492 e. The van der Waals surface area contributed by atoms with Gasteiger partial charge in [-0.15, -0.1) is 0 Å². The van der Waals surface area contributed by atoms with Crippen LogP contribution < -0.4 is 9.47 Å². The fourth-order valence-corrected chi connectivity index (χ4v) is 2.61. The second kappa shape index (κ2) is 5.54. The summed E-state index contributed by atoms with van der Waals surface area (Å²) in [4.78, 5) is 10.9. The van der Waals surface area contributed by atoms with Crippen LogP contribution in [0.5, 0.6) is 11.5 Å². The molecular formula is C13H12BrNO5. The molecule has 0 radical (unpaired) electrons. The molecule has 0 unspecified atom stereocenters. The number of aromatic carboxylic acids is 1. The molecule has 0 atom stereocenters. The zero-order valence-electron chi connectivity index (χ0n) is 11.1. The Morgan fingerprint density at radius 2 is 1.95 bits per heavy atom. The van der Waals surface area contributed by atoms with Crippen LogP contribution >= 0.6 is 15.9 Å². The van der Waals surface area contributed by atoms with Gasteiger partial charge in [0.2, 0.25) is 5.76 Å². The smallest absolute Gasteiger partial charge is 0.374 e. The number of nitrogens with zero attached hydrogens (tertiary/aromatic N) is 1. The third-order valence-corrected chi connectivity index (χ3v) is 3.36. The first kappa shape index (κ1) is 14.4. The Morgan fingerprint density at radius 3 is 2.45 bits per heavy atom. The van der Waals surface area contributed by atoms with Gasteiger partial charge in [-0.25, -0.2) is 4.79 Å². The molecule has 0 fully saturated rings. The van der Waals surface area contributed by atoms with E-state index < -0.39 is 5.97 Å². The van der Waals surface area contributed by atoms with E-state index in [9.17, 15) is 4.79 Å². The summed E-state index contributed by atoms with van der Waals surface area (Å²) in [6, 6.07) is 3.19. The highest BCUT2D eigenvalue weighted by Gasteiger charge is 2.22. The molecule has 0 spiro atoms. The second-order valence-electron chi connectivity index (χ2n) is 4.00. The summed E-state index contributed by atoms with van der Waals surface area (Å²) in [5.41, 5.74) is 1.85. The van der Waals surface area contributed by atoms with E-state index in [-0.39, 0.29) is 5.76 Å². The maximum Gasteiger partial charge on any atom is 0.374 e. The fraction of sp³-hybridized carbons (Fsp3) is 0.231. The molecule has 1 aromatic heterocycles. The minimum absolute atomic E-state index is 0.233. The second-order valence-corrected chi connectivity index (χ2v) is 4.85. The van der Waals surface area contributed by atoms with Crippen molar-refractivity contribution in [3.05, 3.63) is 27.9 Å². The Kier molecular flexibility index (Phi) is 3.99. The molecule has 106 valence electrons. The zero-order chi connectivity index (χ0) is 14.9. The topological polar surface area (TPSA) is 81.8 Å². The van der Waals surface area contributed by atoms with E-state index in [0.29, 0.717) is 22.8 Å². The van der Waals surface area contributed by atoms with Gasteiger partial charge in [-0.3, -0.25) is 0 Å². The Bertz CT molecular complexity index is 665. The van der Waals surface area contributed by atoms with Crippen molar-refractivity contribution >= 4 is 21.9 Å². The molecule has 1 aromatic carbocycles. The van der Waals surface area contributed by atoms with Crippen molar-refractivity contribution in [3.8, 4) is 22.8 Å². The number of methoxy groups -OCH3 is 2. The molecule has 6 nitrogen and oxygen atoms in total. The summed E-state index contributed by atoms with van der Waals surface area (Å²) in [6.07, 6.45) is 0. The highest BCUT2D eigenvalue weighted by molar-refractivity contribution is 9.10. The molecule has 0 amide bonds. The molecule has 1 heterocycles. The summed E-state index contributed by atoms with van der Waals surface area (Å²) < 4.78 is 16.2. The Morgan fingerprint density at radius 1 is 1.30 bits per heavy atom. The number of aryl methyl sites for hydroxylation is 1. The van der Waals surface area contributed by atoms with Crippen LogP contribution in [-0.2, 0) is 0 Å². The van der Waals surface area contributed by atoms with Gasteiger partial charge in [0.05, 0.1) is 24.3 Å². The summed E-state index contributed by atoms with van der Waals surface area (Å²) in [5, 5.41) is 12.7. The van der Waals surface area contributed by atoms with Crippen LogP contribution in [0.3, 0.4) is 0 Å². The normalized spacial score (nSPS) is 10.4. The summed E-state index contributed by atoms with van der Waals surface area (Å²) in [5.74, 6) is -0.439. The van der Waals surface area contributed by atoms with Crippen molar-refractivity contribution in [2.45, 2.75) is 6.92 Å². The van der Waals surface area contributed by atoms with Gasteiger partial charge < -0.3 is 19.1 Å². The number of benzene rings is 1. The molecule has 0 aliphatic rings. The number of hydrogen-bond acceptors (Lipinski definition) is 5. The monoisotopic (exact) mass is 341 g/mol. The number of carboxylic acids is 1. The van der Waals surface area contributed by atoms with Crippen LogP contribution in [0.15, 0.2) is 21.1 Å². The van der Waals surface area contributed by atoms with Gasteiger partial charge in [0.15, 0.2) is 11.5 Å². The van der Waals surface area contributed by atoms with Crippen molar-refractivity contribution in [2.75, 3.05) is 14.2 Å². The molecule has 2 rings (SSSR count). The Hall–Kier alpha value is -2.02. The maximum atomic E-state index is 10.9. The molecule has 0 bridgehead atoms. The number of carbonyl (C=O) groups is 1. The van der Waals surface area contributed by atoms with E-state index >= 15 is 0 Å². The van der Waals surface area contributed by atoms with Gasteiger partial charge in [0.1, 0.15) is 5.69 Å². The van der Waals surface area contributed by atoms with E-state index in [1.165, 1.54) is 20.3 Å². The first-order valence-corrected chi connectivity index (χ1v) is 6.40. The van der Waals surface area contributed by atoms with Crippen molar-refractivity contribution in [3.63, 3.8) is 0 Å². The van der Waals surface area contributed by atoms with Gasteiger partial charge in [-0.2, -0.15) is 0 Å². The maximum absolute atomic E-state index is 10.9. The average Bonchev–Trinajstić information content (AvgIpc) is 2.87. The van der Waals surface area contributed by atoms with Gasteiger partial charge in [-0.1, -0.05) is 5.16 Å². The highest BCUT2D eigenvalue weighted by Crippen LogP contribution is 2.44. The Balaban J connectivity index is 2.68. The van der Waals surface area contributed by atoms with Crippen LogP contribution in [0, 0.1) is 6.92 Å². The quantitative estimate of drug-likeness (QED) is 0.919. The van der Waals surface area contributed by atoms with Gasteiger partial charge in [-0.05, 0) is 34.5 Å². The first-order chi connectivity index (χ1) is 9.49. The zero-order valence-corrected chi connectivity index (χ0v) is 12.6. The number of rotatable bonds is 4. The van der Waals surface area contributed by atoms with E-state index in [0.717, 1.165) is 10.0 Å². The van der Waals surface area contributed by atoms with Crippen LogP contribution in [0.1, 0.15) is 16.1 Å². The predicted octanol–water partition coefficient (Wildman–Crippen LogP) is 3.13. The minimum atomic E-state index is -1.18. The lowest BCUT2D eigenvalue weighted by molar-refractivity contribution is 0.0652.